The first-order valence-electron chi connectivity index (χ1n) is 13.7. The predicted octanol–water partition coefficient (Wildman–Crippen LogP) is 7.75. The molecule has 0 bridgehead atoms. The zero-order valence-corrected chi connectivity index (χ0v) is 24.3. The molecule has 0 fully saturated rings. The Hall–Kier alpha value is -3.87. The fourth-order valence-corrected chi connectivity index (χ4v) is 5.19. The third kappa shape index (κ3) is 7.79. The molecule has 0 radical (unpaired) electrons. The second kappa shape index (κ2) is 12.3. The van der Waals surface area contributed by atoms with Crippen LogP contribution in [0.4, 0.5) is 35.5 Å². The molecule has 4 rings (SSSR count). The van der Waals surface area contributed by atoms with Crippen LogP contribution >= 0.6 is 0 Å². The maximum atomic E-state index is 13.8. The van der Waals surface area contributed by atoms with Crippen molar-refractivity contribution >= 4 is 6.09 Å². The minimum absolute atomic E-state index is 0.0522. The number of hydrogen-bond donors (Lipinski definition) is 1. The van der Waals surface area contributed by atoms with E-state index in [1.807, 2.05) is 0 Å². The van der Waals surface area contributed by atoms with Gasteiger partial charge in [0.05, 0.1) is 23.3 Å². The average molecular weight is 629 g/mol. The van der Waals surface area contributed by atoms with Crippen molar-refractivity contribution in [1.29, 1.82) is 0 Å². The minimum Gasteiger partial charge on any atom is -0.618 e. The lowest BCUT2D eigenvalue weighted by Crippen LogP contribution is -2.45. The van der Waals surface area contributed by atoms with Crippen molar-refractivity contribution in [1.82, 2.24) is 5.32 Å². The molecule has 3 aromatic rings. The fraction of sp³-hybridized carbons (Fsp3) is 0.419. The van der Waals surface area contributed by atoms with Crippen LogP contribution in [0.2, 0.25) is 0 Å². The topological polar surface area (TPSA) is 74.5 Å². The van der Waals surface area contributed by atoms with Crippen LogP contribution < -0.4 is 10.0 Å². The van der Waals surface area contributed by atoms with Gasteiger partial charge in [0.2, 0.25) is 5.69 Å². The van der Waals surface area contributed by atoms with Crippen molar-refractivity contribution in [3.63, 3.8) is 0 Å². The van der Waals surface area contributed by atoms with Crippen LogP contribution in [0.3, 0.4) is 0 Å². The highest BCUT2D eigenvalue weighted by atomic mass is 19.4. The first kappa shape index (κ1) is 33.0. The highest BCUT2D eigenvalue weighted by Gasteiger charge is 2.40. The van der Waals surface area contributed by atoms with Crippen molar-refractivity contribution in [2.45, 2.75) is 83.2 Å². The second-order valence-corrected chi connectivity index (χ2v) is 11.6. The number of pyridine rings is 1. The summed E-state index contributed by atoms with van der Waals surface area (Å²) >= 11 is 0. The van der Waals surface area contributed by atoms with Crippen LogP contribution in [0.1, 0.15) is 85.3 Å². The van der Waals surface area contributed by atoms with Crippen molar-refractivity contribution < 1.29 is 49.7 Å². The Morgan fingerprint density at radius 1 is 0.977 bits per heavy atom. The summed E-state index contributed by atoms with van der Waals surface area (Å²) in [6, 6.07) is 9.82. The summed E-state index contributed by atoms with van der Waals surface area (Å²) < 4.78 is 107. The smallest absolute Gasteiger partial charge is 0.416 e. The monoisotopic (exact) mass is 628 g/mol. The first-order valence-corrected chi connectivity index (χ1v) is 13.7. The lowest BCUT2D eigenvalue weighted by molar-refractivity contribution is -0.623. The molecule has 238 valence electrons. The van der Waals surface area contributed by atoms with Crippen molar-refractivity contribution in [2.75, 3.05) is 0 Å². The van der Waals surface area contributed by atoms with E-state index < -0.39 is 59.1 Å². The number of halogens is 7. The third-order valence-corrected chi connectivity index (χ3v) is 7.17. The zero-order chi connectivity index (χ0) is 32.6. The molecule has 1 amide bonds. The van der Waals surface area contributed by atoms with Gasteiger partial charge in [0.15, 0.2) is 5.69 Å². The van der Waals surface area contributed by atoms with E-state index in [4.69, 9.17) is 9.47 Å². The lowest BCUT2D eigenvalue weighted by atomic mass is 9.78. The molecule has 0 saturated carbocycles. The number of hydrogen-bond acceptors (Lipinski definition) is 4. The molecule has 1 N–H and O–H groups in total. The van der Waals surface area contributed by atoms with Gasteiger partial charge in [-0.1, -0.05) is 12.1 Å². The number of ether oxygens (including phenoxy) is 2. The predicted molar refractivity (Wildman–Crippen MR) is 145 cm³/mol. The number of aromatic nitrogens is 1. The van der Waals surface area contributed by atoms with E-state index >= 15 is 0 Å². The Kier molecular flexibility index (Phi) is 9.20. The van der Waals surface area contributed by atoms with Crippen LogP contribution in [-0.2, 0) is 34.8 Å². The number of nitrogens with one attached hydrogen (secondary N) is 1. The van der Waals surface area contributed by atoms with Gasteiger partial charge in [-0.05, 0) is 81.6 Å². The summed E-state index contributed by atoms with van der Waals surface area (Å²) in [5, 5.41) is 15.9. The molecule has 1 heterocycles. The van der Waals surface area contributed by atoms with Crippen LogP contribution in [0.25, 0.3) is 0 Å². The van der Waals surface area contributed by atoms with Gasteiger partial charge in [-0.15, -0.1) is 0 Å². The molecular weight excluding hydrogens is 597 g/mol. The first-order chi connectivity index (χ1) is 20.3. The Bertz CT molecular complexity index is 1470. The Balaban J connectivity index is 1.67. The molecule has 44 heavy (non-hydrogen) atoms. The van der Waals surface area contributed by atoms with Gasteiger partial charge < -0.3 is 20.0 Å². The highest BCUT2D eigenvalue weighted by Crippen LogP contribution is 2.42. The molecule has 0 unspecified atom stereocenters. The van der Waals surface area contributed by atoms with Crippen molar-refractivity contribution in [3.05, 3.63) is 105 Å². The van der Waals surface area contributed by atoms with Gasteiger partial charge in [0, 0.05) is 24.0 Å². The second-order valence-electron chi connectivity index (χ2n) is 11.6. The molecule has 0 spiro atoms. The summed E-state index contributed by atoms with van der Waals surface area (Å²) in [6.45, 7) is 6.29. The molecule has 6 nitrogen and oxygen atoms in total. The van der Waals surface area contributed by atoms with E-state index in [0.717, 1.165) is 0 Å². The number of nitrogens with zero attached hydrogens (tertiary/aromatic N) is 1. The van der Waals surface area contributed by atoms with E-state index in [2.05, 4.69) is 5.32 Å². The van der Waals surface area contributed by atoms with E-state index in [-0.39, 0.29) is 36.7 Å². The van der Waals surface area contributed by atoms with Crippen LogP contribution in [0, 0.1) is 11.0 Å². The molecule has 0 saturated heterocycles. The molecule has 2 aromatic carbocycles. The minimum atomic E-state index is -5.02. The molecule has 1 aliphatic carbocycles. The fourth-order valence-electron chi connectivity index (χ4n) is 5.19. The third-order valence-electron chi connectivity index (χ3n) is 7.17. The Labute approximate surface area is 249 Å². The number of carbonyl (C=O) groups excluding carboxylic acids is 1. The van der Waals surface area contributed by atoms with Gasteiger partial charge in [-0.2, -0.15) is 31.1 Å². The van der Waals surface area contributed by atoms with E-state index in [9.17, 15) is 40.7 Å². The molecule has 13 heteroatoms. The SMILES string of the molecule is C[C@@H](O[C@H]1CCc2c(ccc(CNC(=O)OC(C)(C)C)[n+]2[O-])[C@@H]1c1ccc(F)cc1)c1cc(C(F)(F)F)cc(C(F)(F)F)c1. The van der Waals surface area contributed by atoms with Crippen LogP contribution in [-0.4, -0.2) is 17.8 Å². The van der Waals surface area contributed by atoms with E-state index in [1.54, 1.807) is 26.8 Å². The van der Waals surface area contributed by atoms with E-state index in [1.165, 1.54) is 37.3 Å². The largest absolute Gasteiger partial charge is 0.618 e. The summed E-state index contributed by atoms with van der Waals surface area (Å²) in [5.41, 5.74) is -2.40. The molecule has 0 aliphatic heterocycles. The quantitative estimate of drug-likeness (QED) is 0.172. The Morgan fingerprint density at radius 2 is 1.57 bits per heavy atom. The van der Waals surface area contributed by atoms with Crippen LogP contribution in [0.5, 0.6) is 0 Å². The maximum Gasteiger partial charge on any atom is 0.416 e. The van der Waals surface area contributed by atoms with Crippen LogP contribution in [0.15, 0.2) is 54.6 Å². The summed E-state index contributed by atoms with van der Waals surface area (Å²) in [7, 11) is 0. The van der Waals surface area contributed by atoms with Crippen molar-refractivity contribution in [2.24, 2.45) is 0 Å². The van der Waals surface area contributed by atoms with Gasteiger partial charge >= 0.3 is 18.4 Å². The molecule has 1 aromatic heterocycles. The molecule has 3 atom stereocenters. The number of fused-ring (bicyclic) bond motifs is 1. The van der Waals surface area contributed by atoms with E-state index in [0.29, 0.717) is 33.7 Å². The normalized spacial score (nSPS) is 18.0. The maximum absolute atomic E-state index is 13.8. The standard InChI is InChI=1S/C31H31F7N2O4/c1-17(19-13-20(30(33,34)35)15-21(14-19)31(36,37)38)43-26-12-11-25-24(27(26)18-5-7-22(32)8-6-18)10-9-23(40(25)42)16-39-28(41)44-29(2,3)4/h5-10,13-15,17,26-27H,11-12,16H2,1-4H3,(H,39,41)/t17-,26+,27+/m1/s1. The summed E-state index contributed by atoms with van der Waals surface area (Å²) in [5.74, 6) is -1.23. The van der Waals surface area contributed by atoms with Gasteiger partial charge in [0.25, 0.3) is 0 Å². The van der Waals surface area contributed by atoms with Gasteiger partial charge in [0.1, 0.15) is 18.0 Å². The summed E-state index contributed by atoms with van der Waals surface area (Å²) in [6.07, 6.45) is -12.4. The number of benzene rings is 2. The number of rotatable bonds is 6. The zero-order valence-electron chi connectivity index (χ0n) is 24.3. The number of alkyl carbamates (subject to hydrolysis) is 1. The lowest BCUT2D eigenvalue weighted by Gasteiger charge is -2.35. The van der Waals surface area contributed by atoms with Gasteiger partial charge in [-0.25, -0.2) is 9.18 Å². The summed E-state index contributed by atoms with van der Waals surface area (Å²) in [4.78, 5) is 12.1. The van der Waals surface area contributed by atoms with Crippen molar-refractivity contribution in [3.8, 4) is 0 Å². The number of alkyl halides is 6. The highest BCUT2D eigenvalue weighted by molar-refractivity contribution is 5.67. The number of amides is 1. The molecule has 1 aliphatic rings. The number of carbonyl (C=O) groups is 1. The van der Waals surface area contributed by atoms with Gasteiger partial charge in [-0.3, -0.25) is 0 Å². The average Bonchev–Trinajstić information content (AvgIpc) is 2.91. The molecular formula is C31H31F7N2O4. The Morgan fingerprint density at radius 3 is 2.11 bits per heavy atom.